The molecule has 1 N–H and O–H groups in total. The lowest BCUT2D eigenvalue weighted by Crippen LogP contribution is -2.42. The first-order chi connectivity index (χ1) is 9.40. The van der Waals surface area contributed by atoms with Gasteiger partial charge in [-0.3, -0.25) is 4.68 Å². The zero-order chi connectivity index (χ0) is 12.9. The van der Waals surface area contributed by atoms with Crippen LogP contribution < -0.4 is 5.32 Å². The predicted molar refractivity (Wildman–Crippen MR) is 82.0 cm³/mol. The van der Waals surface area contributed by atoms with Crippen LogP contribution in [0.2, 0.25) is 0 Å². The molecule has 2 fully saturated rings. The molecular formula is C14H26ClN5. The molecule has 0 bridgehead atoms. The van der Waals surface area contributed by atoms with Crippen molar-refractivity contribution in [3.05, 3.63) is 12.7 Å². The van der Waals surface area contributed by atoms with E-state index in [0.29, 0.717) is 0 Å². The van der Waals surface area contributed by atoms with Gasteiger partial charge in [-0.05, 0) is 63.7 Å². The predicted octanol–water partition coefficient (Wildman–Crippen LogP) is 1.41. The summed E-state index contributed by atoms with van der Waals surface area (Å²) < 4.78 is 1.98. The van der Waals surface area contributed by atoms with Crippen LogP contribution in [0.15, 0.2) is 12.7 Å². The van der Waals surface area contributed by atoms with Gasteiger partial charge >= 0.3 is 0 Å². The Balaban J connectivity index is 0.00000147. The average Bonchev–Trinajstić information content (AvgIpc) is 2.95. The van der Waals surface area contributed by atoms with Gasteiger partial charge in [0.2, 0.25) is 0 Å². The maximum atomic E-state index is 4.21. The molecule has 5 nitrogen and oxygen atoms in total. The molecule has 0 aliphatic carbocycles. The van der Waals surface area contributed by atoms with Crippen molar-refractivity contribution >= 4 is 12.4 Å². The molecule has 1 atom stereocenters. The van der Waals surface area contributed by atoms with Crippen molar-refractivity contribution in [1.82, 2.24) is 25.0 Å². The van der Waals surface area contributed by atoms with Crippen molar-refractivity contribution in [2.24, 2.45) is 11.8 Å². The van der Waals surface area contributed by atoms with E-state index in [2.05, 4.69) is 20.3 Å². The largest absolute Gasteiger partial charge is 0.316 e. The summed E-state index contributed by atoms with van der Waals surface area (Å²) in [6, 6.07) is 0. The Morgan fingerprint density at radius 1 is 1.10 bits per heavy atom. The highest BCUT2D eigenvalue weighted by atomic mass is 35.5. The van der Waals surface area contributed by atoms with Crippen molar-refractivity contribution in [3.8, 4) is 0 Å². The Morgan fingerprint density at radius 3 is 2.60 bits per heavy atom. The normalized spacial score (nSPS) is 25.3. The Morgan fingerprint density at radius 2 is 1.95 bits per heavy atom. The van der Waals surface area contributed by atoms with Crippen LogP contribution in [0.25, 0.3) is 0 Å². The number of hydrogen-bond acceptors (Lipinski definition) is 4. The van der Waals surface area contributed by atoms with Crippen molar-refractivity contribution < 1.29 is 0 Å². The van der Waals surface area contributed by atoms with E-state index in [0.717, 1.165) is 18.4 Å². The molecule has 6 heteroatoms. The molecule has 0 spiro atoms. The minimum atomic E-state index is 0. The lowest BCUT2D eigenvalue weighted by atomic mass is 9.94. The average molecular weight is 300 g/mol. The lowest BCUT2D eigenvalue weighted by molar-refractivity contribution is 0.141. The van der Waals surface area contributed by atoms with Crippen LogP contribution in [0.4, 0.5) is 0 Å². The fourth-order valence-electron chi connectivity index (χ4n) is 3.39. The van der Waals surface area contributed by atoms with Crippen LogP contribution >= 0.6 is 12.4 Å². The molecule has 3 heterocycles. The number of hydrogen-bond donors (Lipinski definition) is 1. The molecule has 1 unspecified atom stereocenters. The van der Waals surface area contributed by atoms with Gasteiger partial charge in [-0.1, -0.05) is 0 Å². The third-order valence-electron chi connectivity index (χ3n) is 4.53. The topological polar surface area (TPSA) is 46.0 Å². The summed E-state index contributed by atoms with van der Waals surface area (Å²) in [7, 11) is 0. The second-order valence-corrected chi connectivity index (χ2v) is 6.07. The second kappa shape index (κ2) is 7.96. The minimum absolute atomic E-state index is 0. The smallest absolute Gasteiger partial charge is 0.137 e. The monoisotopic (exact) mass is 299 g/mol. The first-order valence-electron chi connectivity index (χ1n) is 7.65. The molecule has 114 valence electrons. The van der Waals surface area contributed by atoms with Gasteiger partial charge < -0.3 is 10.2 Å². The first-order valence-corrected chi connectivity index (χ1v) is 7.65. The van der Waals surface area contributed by atoms with Gasteiger partial charge in [-0.25, -0.2) is 4.98 Å². The van der Waals surface area contributed by atoms with E-state index in [4.69, 9.17) is 0 Å². The molecule has 2 aliphatic rings. The maximum Gasteiger partial charge on any atom is 0.137 e. The number of piperidine rings is 2. The third-order valence-corrected chi connectivity index (χ3v) is 4.53. The molecule has 3 rings (SSSR count). The van der Waals surface area contributed by atoms with Crippen LogP contribution in [0.5, 0.6) is 0 Å². The van der Waals surface area contributed by atoms with E-state index in [-0.39, 0.29) is 12.4 Å². The number of likely N-dealkylation sites (tertiary alicyclic amines) is 1. The van der Waals surface area contributed by atoms with Gasteiger partial charge in [-0.15, -0.1) is 12.4 Å². The zero-order valence-corrected chi connectivity index (χ0v) is 12.9. The van der Waals surface area contributed by atoms with Crippen molar-refractivity contribution in [1.29, 1.82) is 0 Å². The molecular weight excluding hydrogens is 274 g/mol. The summed E-state index contributed by atoms with van der Waals surface area (Å²) in [5.41, 5.74) is 0. The van der Waals surface area contributed by atoms with Crippen LogP contribution in [0.3, 0.4) is 0 Å². The van der Waals surface area contributed by atoms with Crippen LogP contribution in [-0.2, 0) is 6.54 Å². The highest BCUT2D eigenvalue weighted by Gasteiger charge is 2.22. The van der Waals surface area contributed by atoms with Gasteiger partial charge in [0.25, 0.3) is 0 Å². The fraction of sp³-hybridized carbons (Fsp3) is 0.857. The van der Waals surface area contributed by atoms with Crippen molar-refractivity contribution in [2.75, 3.05) is 32.7 Å². The van der Waals surface area contributed by atoms with E-state index in [1.54, 1.807) is 6.33 Å². The van der Waals surface area contributed by atoms with Gasteiger partial charge in [0.1, 0.15) is 12.7 Å². The van der Waals surface area contributed by atoms with Crippen LogP contribution in [0, 0.1) is 11.8 Å². The van der Waals surface area contributed by atoms with Crippen LogP contribution in [-0.4, -0.2) is 52.4 Å². The number of aromatic nitrogens is 3. The minimum Gasteiger partial charge on any atom is -0.316 e. The summed E-state index contributed by atoms with van der Waals surface area (Å²) in [6.07, 6.45) is 8.84. The summed E-state index contributed by atoms with van der Waals surface area (Å²) in [5.74, 6) is 1.66. The van der Waals surface area contributed by atoms with Gasteiger partial charge in [0, 0.05) is 13.1 Å². The van der Waals surface area contributed by atoms with E-state index in [9.17, 15) is 0 Å². The molecule has 1 aromatic heterocycles. The number of nitrogens with one attached hydrogen (secondary N) is 1. The number of nitrogens with zero attached hydrogens (tertiary/aromatic N) is 4. The Labute approximate surface area is 127 Å². The number of rotatable bonds is 4. The standard InChI is InChI=1S/C14H25N5.ClH/c1-2-14(8-15-5-1)9-18-6-3-13(4-7-18)10-19-12-16-11-17-19;/h11-15H,1-10H2;1H. The molecule has 2 aliphatic heterocycles. The van der Waals surface area contributed by atoms with Crippen LogP contribution in [0.1, 0.15) is 25.7 Å². The zero-order valence-electron chi connectivity index (χ0n) is 12.1. The number of halogens is 1. The summed E-state index contributed by atoms with van der Waals surface area (Å²) in [5, 5.41) is 7.72. The summed E-state index contributed by atoms with van der Waals surface area (Å²) in [4.78, 5) is 6.68. The molecule has 0 radical (unpaired) electrons. The van der Waals surface area contributed by atoms with E-state index >= 15 is 0 Å². The molecule has 20 heavy (non-hydrogen) atoms. The fourth-order valence-corrected chi connectivity index (χ4v) is 3.39. The van der Waals surface area contributed by atoms with Crippen molar-refractivity contribution in [2.45, 2.75) is 32.2 Å². The Bertz CT molecular complexity index is 356. The van der Waals surface area contributed by atoms with Gasteiger partial charge in [-0.2, -0.15) is 5.10 Å². The van der Waals surface area contributed by atoms with E-state index in [1.807, 2.05) is 11.0 Å². The highest BCUT2D eigenvalue weighted by molar-refractivity contribution is 5.85. The molecule has 0 amide bonds. The molecule has 1 aromatic rings. The van der Waals surface area contributed by atoms with E-state index < -0.39 is 0 Å². The maximum absolute atomic E-state index is 4.21. The molecule has 2 saturated heterocycles. The SMILES string of the molecule is Cl.c1ncn(CC2CCN(CC3CCCNC3)CC2)n1. The quantitative estimate of drug-likeness (QED) is 0.913. The summed E-state index contributed by atoms with van der Waals surface area (Å²) in [6.45, 7) is 7.29. The lowest BCUT2D eigenvalue weighted by Gasteiger charge is -2.35. The third kappa shape index (κ3) is 4.43. The summed E-state index contributed by atoms with van der Waals surface area (Å²) >= 11 is 0. The molecule has 0 saturated carbocycles. The Kier molecular flexibility index (Phi) is 6.26. The Hall–Kier alpha value is -0.650. The van der Waals surface area contributed by atoms with Gasteiger partial charge in [0.15, 0.2) is 0 Å². The van der Waals surface area contributed by atoms with Gasteiger partial charge in [0.05, 0.1) is 0 Å². The second-order valence-electron chi connectivity index (χ2n) is 6.07. The highest BCUT2D eigenvalue weighted by Crippen LogP contribution is 2.21. The molecule has 0 aromatic carbocycles. The van der Waals surface area contributed by atoms with E-state index in [1.165, 1.54) is 58.4 Å². The first kappa shape index (κ1) is 15.7. The van der Waals surface area contributed by atoms with Crippen molar-refractivity contribution in [3.63, 3.8) is 0 Å².